The van der Waals surface area contributed by atoms with Gasteiger partial charge in [0.15, 0.2) is 6.10 Å². The number of nitrogens with two attached hydrogens (primary N) is 1. The predicted molar refractivity (Wildman–Crippen MR) is 87.8 cm³/mol. The van der Waals surface area contributed by atoms with Crippen molar-refractivity contribution < 1.29 is 14.3 Å². The maximum absolute atomic E-state index is 12.3. The van der Waals surface area contributed by atoms with Crippen LogP contribution in [0.4, 0.5) is 0 Å². The first-order valence-electron chi connectivity index (χ1n) is 7.33. The molecule has 122 valence electrons. The van der Waals surface area contributed by atoms with E-state index in [2.05, 4.69) is 5.32 Å². The van der Waals surface area contributed by atoms with E-state index in [1.807, 2.05) is 6.07 Å². The Bertz CT molecular complexity index is 769. The molecule has 0 radical (unpaired) electrons. The zero-order valence-electron chi connectivity index (χ0n) is 13.1. The summed E-state index contributed by atoms with van der Waals surface area (Å²) in [6.45, 7) is 1.53. The summed E-state index contributed by atoms with van der Waals surface area (Å²) in [5, 5.41) is 11.6. The number of carbonyl (C=O) groups is 2. The molecule has 2 atom stereocenters. The van der Waals surface area contributed by atoms with Gasteiger partial charge in [-0.05, 0) is 24.6 Å². The number of carbonyl (C=O) groups excluding carboxylic acids is 2. The normalized spacial score (nSPS) is 12.5. The van der Waals surface area contributed by atoms with Gasteiger partial charge < -0.3 is 15.8 Å². The fourth-order valence-electron chi connectivity index (χ4n) is 2.13. The number of hydrogen-bond donors (Lipinski definition) is 2. The molecule has 0 heterocycles. The lowest BCUT2D eigenvalue weighted by atomic mass is 10.1. The lowest BCUT2D eigenvalue weighted by Gasteiger charge is -2.20. The maximum Gasteiger partial charge on any atom is 0.261 e. The molecule has 6 heteroatoms. The standard InChI is InChI=1S/C18H17N3O3/c1-12(24-15-10-6-5-9-14(15)11-19)18(23)21-16(17(20)22)13-7-3-2-4-8-13/h2-10,12,16H,1H3,(H2,20,22)(H,21,23)/t12-,16-/m0/s1. The molecule has 0 saturated carbocycles. The Labute approximate surface area is 139 Å². The van der Waals surface area contributed by atoms with Gasteiger partial charge in [0.1, 0.15) is 17.9 Å². The van der Waals surface area contributed by atoms with Crippen molar-refractivity contribution in [1.29, 1.82) is 5.26 Å². The summed E-state index contributed by atoms with van der Waals surface area (Å²) in [7, 11) is 0. The third-order valence-corrected chi connectivity index (χ3v) is 3.38. The van der Waals surface area contributed by atoms with Crippen molar-refractivity contribution in [2.45, 2.75) is 19.1 Å². The van der Waals surface area contributed by atoms with Crippen molar-refractivity contribution in [3.8, 4) is 11.8 Å². The van der Waals surface area contributed by atoms with Crippen LogP contribution in [-0.4, -0.2) is 17.9 Å². The third-order valence-electron chi connectivity index (χ3n) is 3.38. The minimum atomic E-state index is -0.948. The Morgan fingerprint density at radius 2 is 1.75 bits per heavy atom. The third kappa shape index (κ3) is 4.11. The van der Waals surface area contributed by atoms with E-state index in [4.69, 9.17) is 15.7 Å². The molecule has 0 bridgehead atoms. The first-order valence-corrected chi connectivity index (χ1v) is 7.33. The van der Waals surface area contributed by atoms with Crippen LogP contribution in [0.15, 0.2) is 54.6 Å². The summed E-state index contributed by atoms with van der Waals surface area (Å²) in [5.41, 5.74) is 6.29. The Hall–Kier alpha value is -3.33. The van der Waals surface area contributed by atoms with Gasteiger partial charge in [-0.2, -0.15) is 5.26 Å². The van der Waals surface area contributed by atoms with Crippen LogP contribution in [-0.2, 0) is 9.59 Å². The van der Waals surface area contributed by atoms with Gasteiger partial charge in [0.2, 0.25) is 5.91 Å². The van der Waals surface area contributed by atoms with Crippen molar-refractivity contribution in [1.82, 2.24) is 5.32 Å². The van der Waals surface area contributed by atoms with E-state index in [1.165, 1.54) is 6.92 Å². The van der Waals surface area contributed by atoms with Crippen molar-refractivity contribution in [3.05, 3.63) is 65.7 Å². The van der Waals surface area contributed by atoms with Crippen molar-refractivity contribution >= 4 is 11.8 Å². The van der Waals surface area contributed by atoms with E-state index in [9.17, 15) is 9.59 Å². The number of nitrogens with one attached hydrogen (secondary N) is 1. The molecule has 0 saturated heterocycles. The quantitative estimate of drug-likeness (QED) is 0.843. The van der Waals surface area contributed by atoms with E-state index in [0.29, 0.717) is 16.9 Å². The number of hydrogen-bond acceptors (Lipinski definition) is 4. The van der Waals surface area contributed by atoms with Crippen molar-refractivity contribution in [3.63, 3.8) is 0 Å². The fourth-order valence-corrected chi connectivity index (χ4v) is 2.13. The summed E-state index contributed by atoms with van der Waals surface area (Å²) in [6.07, 6.45) is -0.898. The molecule has 0 aliphatic heterocycles. The largest absolute Gasteiger partial charge is 0.480 e. The van der Waals surface area contributed by atoms with Crippen LogP contribution >= 0.6 is 0 Å². The van der Waals surface area contributed by atoms with Crippen LogP contribution in [0.5, 0.6) is 5.75 Å². The molecule has 6 nitrogen and oxygen atoms in total. The first-order chi connectivity index (χ1) is 11.5. The van der Waals surface area contributed by atoms with E-state index >= 15 is 0 Å². The Kier molecular flexibility index (Phi) is 5.53. The first kappa shape index (κ1) is 17.0. The second-order valence-electron chi connectivity index (χ2n) is 5.12. The van der Waals surface area contributed by atoms with Crippen LogP contribution < -0.4 is 15.8 Å². The lowest BCUT2D eigenvalue weighted by molar-refractivity contribution is -0.131. The number of ether oxygens (including phenoxy) is 1. The molecule has 2 aromatic rings. The van der Waals surface area contributed by atoms with Crippen LogP contribution in [0.3, 0.4) is 0 Å². The van der Waals surface area contributed by atoms with Gasteiger partial charge in [-0.3, -0.25) is 9.59 Å². The molecule has 0 aromatic heterocycles. The monoisotopic (exact) mass is 323 g/mol. The number of para-hydroxylation sites is 1. The van der Waals surface area contributed by atoms with Gasteiger partial charge in [0.05, 0.1) is 5.56 Å². The molecule has 2 rings (SSSR count). The molecule has 0 aliphatic rings. The van der Waals surface area contributed by atoms with E-state index in [1.54, 1.807) is 54.6 Å². The summed E-state index contributed by atoms with van der Waals surface area (Å²) < 4.78 is 5.53. The van der Waals surface area contributed by atoms with E-state index < -0.39 is 24.0 Å². The van der Waals surface area contributed by atoms with Gasteiger partial charge in [0, 0.05) is 0 Å². The van der Waals surface area contributed by atoms with Crippen LogP contribution in [0.25, 0.3) is 0 Å². The molecule has 2 amide bonds. The molecule has 0 fully saturated rings. The van der Waals surface area contributed by atoms with Gasteiger partial charge in [-0.25, -0.2) is 0 Å². The molecule has 0 aliphatic carbocycles. The fraction of sp³-hybridized carbons (Fsp3) is 0.167. The highest BCUT2D eigenvalue weighted by molar-refractivity contribution is 5.89. The van der Waals surface area contributed by atoms with Gasteiger partial charge in [-0.15, -0.1) is 0 Å². The van der Waals surface area contributed by atoms with Gasteiger partial charge in [-0.1, -0.05) is 42.5 Å². The van der Waals surface area contributed by atoms with E-state index in [0.717, 1.165) is 0 Å². The summed E-state index contributed by atoms with van der Waals surface area (Å²) in [4.78, 5) is 23.9. The summed E-state index contributed by atoms with van der Waals surface area (Å²) in [6, 6.07) is 16.4. The zero-order valence-corrected chi connectivity index (χ0v) is 13.1. The number of amides is 2. The van der Waals surface area contributed by atoms with Crippen LogP contribution in [0, 0.1) is 11.3 Å². The number of nitrogens with zero attached hydrogens (tertiary/aromatic N) is 1. The van der Waals surface area contributed by atoms with E-state index in [-0.39, 0.29) is 0 Å². The molecular formula is C18H17N3O3. The number of nitriles is 1. The van der Waals surface area contributed by atoms with Crippen molar-refractivity contribution in [2.75, 3.05) is 0 Å². The molecule has 3 N–H and O–H groups in total. The predicted octanol–water partition coefficient (Wildman–Crippen LogP) is 1.67. The minimum Gasteiger partial charge on any atom is -0.480 e. The second-order valence-corrected chi connectivity index (χ2v) is 5.12. The summed E-state index contributed by atoms with van der Waals surface area (Å²) >= 11 is 0. The molecule has 0 spiro atoms. The Morgan fingerprint density at radius 1 is 1.12 bits per heavy atom. The molecular weight excluding hydrogens is 306 g/mol. The number of primary amides is 1. The Balaban J connectivity index is 2.10. The smallest absolute Gasteiger partial charge is 0.261 e. The van der Waals surface area contributed by atoms with Gasteiger partial charge in [0.25, 0.3) is 5.91 Å². The minimum absolute atomic E-state index is 0.304. The molecule has 24 heavy (non-hydrogen) atoms. The molecule has 2 aromatic carbocycles. The zero-order chi connectivity index (χ0) is 17.5. The molecule has 0 unspecified atom stereocenters. The lowest BCUT2D eigenvalue weighted by Crippen LogP contribution is -2.43. The van der Waals surface area contributed by atoms with Crippen molar-refractivity contribution in [2.24, 2.45) is 5.73 Å². The highest BCUT2D eigenvalue weighted by Gasteiger charge is 2.24. The highest BCUT2D eigenvalue weighted by Crippen LogP contribution is 2.19. The van der Waals surface area contributed by atoms with Crippen LogP contribution in [0.2, 0.25) is 0 Å². The Morgan fingerprint density at radius 3 is 2.38 bits per heavy atom. The second kappa shape index (κ2) is 7.79. The topological polar surface area (TPSA) is 105 Å². The average molecular weight is 323 g/mol. The highest BCUT2D eigenvalue weighted by atomic mass is 16.5. The van der Waals surface area contributed by atoms with Crippen LogP contribution in [0.1, 0.15) is 24.1 Å². The number of rotatable bonds is 6. The maximum atomic E-state index is 12.3. The summed E-state index contributed by atoms with van der Waals surface area (Å²) in [5.74, 6) is -0.868. The number of benzene rings is 2. The average Bonchev–Trinajstić information content (AvgIpc) is 2.60. The SMILES string of the molecule is C[C@H](Oc1ccccc1C#N)C(=O)N[C@H](C(N)=O)c1ccccc1. The van der Waals surface area contributed by atoms with Gasteiger partial charge >= 0.3 is 0 Å².